The number of pyridine rings is 1. The molecule has 8 heteroatoms. The van der Waals surface area contributed by atoms with Crippen molar-refractivity contribution in [1.29, 1.82) is 5.26 Å². The molecule has 0 spiro atoms. The molecule has 1 atom stereocenters. The minimum atomic E-state index is -3.97. The lowest BCUT2D eigenvalue weighted by Gasteiger charge is -2.31. The third kappa shape index (κ3) is 5.32. The number of nitrogens with two attached hydrogens (primary N) is 1. The molecule has 1 aliphatic rings. The summed E-state index contributed by atoms with van der Waals surface area (Å²) in [4.78, 5) is 6.35. The number of hydrogen-bond acceptors (Lipinski definition) is 5. The first-order valence-corrected chi connectivity index (χ1v) is 11.4. The molecule has 1 aliphatic heterocycles. The minimum Gasteiger partial charge on any atom is -0.365 e. The molecule has 32 heavy (non-hydrogen) atoms. The van der Waals surface area contributed by atoms with Crippen LogP contribution in [0.3, 0.4) is 0 Å². The lowest BCUT2D eigenvalue weighted by Crippen LogP contribution is -2.48. The largest absolute Gasteiger partial charge is 0.365 e. The molecule has 0 fully saturated rings. The molecule has 1 aromatic heterocycles. The van der Waals surface area contributed by atoms with Crippen LogP contribution in [-0.2, 0) is 29.7 Å². The van der Waals surface area contributed by atoms with Crippen molar-refractivity contribution in [2.75, 3.05) is 11.4 Å². The summed E-state index contributed by atoms with van der Waals surface area (Å²) in [5.74, 6) is 0. The Morgan fingerprint density at radius 1 is 1.09 bits per heavy atom. The van der Waals surface area contributed by atoms with Crippen LogP contribution in [-0.4, -0.2) is 30.3 Å². The predicted molar refractivity (Wildman–Crippen MR) is 126 cm³/mol. The van der Waals surface area contributed by atoms with E-state index in [9.17, 15) is 13.7 Å². The first-order chi connectivity index (χ1) is 14.9. The Labute approximate surface area is 189 Å². The van der Waals surface area contributed by atoms with Crippen molar-refractivity contribution in [3.63, 3.8) is 0 Å². The molecule has 166 valence electrons. The van der Waals surface area contributed by atoms with E-state index in [1.165, 1.54) is 4.31 Å². The van der Waals surface area contributed by atoms with E-state index in [0.717, 1.165) is 22.4 Å². The summed E-state index contributed by atoms with van der Waals surface area (Å²) >= 11 is 0. The fourth-order valence-electron chi connectivity index (χ4n) is 4.04. The van der Waals surface area contributed by atoms with Gasteiger partial charge in [0, 0.05) is 43.8 Å². The van der Waals surface area contributed by atoms with E-state index in [4.69, 9.17) is 5.14 Å². The van der Waals surface area contributed by atoms with Gasteiger partial charge in [-0.3, -0.25) is 4.98 Å². The SMILES string of the molecule is C.N#Cc1ccc2c(c1)CN(S(N)(=O)=O)[C@H](Cc1ccccc1)CN2Cc1cccnc1. The van der Waals surface area contributed by atoms with Crippen molar-refractivity contribution >= 4 is 15.9 Å². The van der Waals surface area contributed by atoms with Gasteiger partial charge < -0.3 is 4.90 Å². The van der Waals surface area contributed by atoms with E-state index >= 15 is 0 Å². The highest BCUT2D eigenvalue weighted by atomic mass is 32.2. The second-order valence-electron chi connectivity index (χ2n) is 7.63. The van der Waals surface area contributed by atoms with E-state index in [2.05, 4.69) is 16.0 Å². The molecule has 3 aromatic rings. The highest BCUT2D eigenvalue weighted by Crippen LogP contribution is 2.31. The van der Waals surface area contributed by atoms with Crippen LogP contribution in [0.4, 0.5) is 5.69 Å². The molecule has 0 saturated heterocycles. The van der Waals surface area contributed by atoms with E-state index in [1.54, 1.807) is 24.5 Å². The third-order valence-corrected chi connectivity index (χ3v) is 6.53. The Morgan fingerprint density at radius 3 is 2.50 bits per heavy atom. The normalized spacial score (nSPS) is 16.4. The van der Waals surface area contributed by atoms with Crippen LogP contribution in [0.1, 0.15) is 29.7 Å². The summed E-state index contributed by atoms with van der Waals surface area (Å²) in [5.41, 5.74) is 4.18. The molecule has 0 amide bonds. The Hall–Kier alpha value is -3.25. The number of nitrogens with zero attached hydrogens (tertiary/aromatic N) is 4. The molecule has 0 bridgehead atoms. The minimum absolute atomic E-state index is 0. The monoisotopic (exact) mass is 449 g/mol. The standard InChI is InChI=1S/C23H23N5O2S.CH4/c24-13-19-8-9-23-21(11-19)16-28(31(25,29)30)22(12-18-5-2-1-3-6-18)17-27(23)15-20-7-4-10-26-14-20;/h1-11,14,22H,12,15-17H2,(H2,25,29,30);1H4/t22-;/m1./s1. The fraction of sp³-hybridized carbons (Fsp3) is 0.250. The van der Waals surface area contributed by atoms with Crippen molar-refractivity contribution in [3.05, 3.63) is 95.3 Å². The molecular formula is C24H27N5O2S. The van der Waals surface area contributed by atoms with Crippen molar-refractivity contribution in [1.82, 2.24) is 9.29 Å². The quantitative estimate of drug-likeness (QED) is 0.644. The van der Waals surface area contributed by atoms with Crippen molar-refractivity contribution in [2.24, 2.45) is 5.14 Å². The molecule has 0 saturated carbocycles. The topological polar surface area (TPSA) is 103 Å². The Balaban J connectivity index is 0.00000289. The van der Waals surface area contributed by atoms with Gasteiger partial charge in [0.2, 0.25) is 0 Å². The number of benzene rings is 2. The highest BCUT2D eigenvalue weighted by molar-refractivity contribution is 7.86. The number of rotatable bonds is 5. The predicted octanol–water partition coefficient (Wildman–Crippen LogP) is 3.23. The second-order valence-corrected chi connectivity index (χ2v) is 9.13. The Kier molecular flexibility index (Phi) is 7.26. The highest BCUT2D eigenvalue weighted by Gasteiger charge is 2.34. The Morgan fingerprint density at radius 2 is 1.84 bits per heavy atom. The van der Waals surface area contributed by atoms with Crippen LogP contribution >= 0.6 is 0 Å². The summed E-state index contributed by atoms with van der Waals surface area (Å²) in [5, 5.41) is 15.0. The fourth-order valence-corrected chi connectivity index (χ4v) is 4.92. The van der Waals surface area contributed by atoms with Crippen LogP contribution in [0.2, 0.25) is 0 Å². The molecule has 0 radical (unpaired) electrons. The zero-order valence-electron chi connectivity index (χ0n) is 16.9. The molecule has 2 heterocycles. The summed E-state index contributed by atoms with van der Waals surface area (Å²) in [6.07, 6.45) is 4.05. The van der Waals surface area contributed by atoms with Gasteiger partial charge in [-0.25, -0.2) is 5.14 Å². The summed E-state index contributed by atoms with van der Waals surface area (Å²) in [6, 6.07) is 20.8. The second kappa shape index (κ2) is 9.92. The van der Waals surface area contributed by atoms with Crippen molar-refractivity contribution < 1.29 is 8.42 Å². The number of nitriles is 1. The molecule has 2 aromatic carbocycles. The average molecular weight is 450 g/mol. The van der Waals surface area contributed by atoms with Gasteiger partial charge >= 0.3 is 0 Å². The van der Waals surface area contributed by atoms with E-state index in [0.29, 0.717) is 25.1 Å². The first-order valence-electron chi connectivity index (χ1n) is 9.94. The van der Waals surface area contributed by atoms with Gasteiger partial charge in [-0.15, -0.1) is 0 Å². The lowest BCUT2D eigenvalue weighted by molar-refractivity contribution is 0.318. The third-order valence-electron chi connectivity index (χ3n) is 5.45. The maximum absolute atomic E-state index is 12.6. The number of aromatic nitrogens is 1. The molecule has 4 rings (SSSR count). The molecular weight excluding hydrogens is 422 g/mol. The average Bonchev–Trinajstić information content (AvgIpc) is 2.91. The van der Waals surface area contributed by atoms with Gasteiger partial charge in [0.15, 0.2) is 0 Å². The smallest absolute Gasteiger partial charge is 0.277 e. The molecule has 0 aliphatic carbocycles. The number of anilines is 1. The van der Waals surface area contributed by atoms with Crippen LogP contribution in [0.5, 0.6) is 0 Å². The Bertz CT molecular complexity index is 1190. The molecule has 7 nitrogen and oxygen atoms in total. The van der Waals surface area contributed by atoms with E-state index in [1.807, 2.05) is 48.5 Å². The summed E-state index contributed by atoms with van der Waals surface area (Å²) in [7, 11) is -3.97. The summed E-state index contributed by atoms with van der Waals surface area (Å²) < 4.78 is 26.5. The number of hydrogen-bond donors (Lipinski definition) is 1. The zero-order chi connectivity index (χ0) is 21.8. The maximum Gasteiger partial charge on any atom is 0.277 e. The maximum atomic E-state index is 12.6. The van der Waals surface area contributed by atoms with Gasteiger partial charge in [-0.05, 0) is 47.4 Å². The van der Waals surface area contributed by atoms with E-state index < -0.39 is 10.2 Å². The van der Waals surface area contributed by atoms with E-state index in [-0.39, 0.29) is 20.0 Å². The zero-order valence-corrected chi connectivity index (χ0v) is 17.7. The van der Waals surface area contributed by atoms with Gasteiger partial charge in [0.1, 0.15) is 0 Å². The van der Waals surface area contributed by atoms with Crippen LogP contribution < -0.4 is 10.0 Å². The van der Waals surface area contributed by atoms with Gasteiger partial charge in [0.05, 0.1) is 11.6 Å². The van der Waals surface area contributed by atoms with Crippen molar-refractivity contribution in [2.45, 2.75) is 33.0 Å². The van der Waals surface area contributed by atoms with Gasteiger partial charge in [-0.1, -0.05) is 43.8 Å². The van der Waals surface area contributed by atoms with Crippen LogP contribution in [0, 0.1) is 11.3 Å². The lowest BCUT2D eigenvalue weighted by atomic mass is 10.1. The van der Waals surface area contributed by atoms with Gasteiger partial charge in [0.25, 0.3) is 10.2 Å². The van der Waals surface area contributed by atoms with Crippen LogP contribution in [0.15, 0.2) is 73.1 Å². The van der Waals surface area contributed by atoms with Crippen LogP contribution in [0.25, 0.3) is 0 Å². The first kappa shape index (κ1) is 23.4. The summed E-state index contributed by atoms with van der Waals surface area (Å²) in [6.45, 7) is 1.14. The number of fused-ring (bicyclic) bond motifs is 1. The molecule has 0 unspecified atom stereocenters. The van der Waals surface area contributed by atoms with Crippen molar-refractivity contribution in [3.8, 4) is 6.07 Å². The van der Waals surface area contributed by atoms with Gasteiger partial charge in [-0.2, -0.15) is 18.0 Å². The molecule has 2 N–H and O–H groups in total.